The summed E-state index contributed by atoms with van der Waals surface area (Å²) in [6.45, 7) is 5.51. The van der Waals surface area contributed by atoms with Gasteiger partial charge in [0.15, 0.2) is 10.9 Å². The summed E-state index contributed by atoms with van der Waals surface area (Å²) in [5.41, 5.74) is 1.58. The van der Waals surface area contributed by atoms with Gasteiger partial charge in [0.2, 0.25) is 5.91 Å². The number of amides is 2. The van der Waals surface area contributed by atoms with Gasteiger partial charge in [0.1, 0.15) is 22.4 Å². The number of fused-ring (bicyclic) bond motifs is 1. The average Bonchev–Trinajstić information content (AvgIpc) is 3.48. The Morgan fingerprint density at radius 3 is 2.72 bits per heavy atom. The van der Waals surface area contributed by atoms with Crippen molar-refractivity contribution in [3.63, 3.8) is 0 Å². The molecule has 2 amide bonds. The van der Waals surface area contributed by atoms with E-state index in [1.54, 1.807) is 18.2 Å². The minimum Gasteiger partial charge on any atom is -0.451 e. The van der Waals surface area contributed by atoms with Crippen LogP contribution in [0.5, 0.6) is 0 Å². The lowest BCUT2D eigenvalue weighted by Crippen LogP contribution is -2.48. The number of aryl methyl sites for hydroxylation is 1. The molecule has 11 heteroatoms. The normalized spacial score (nSPS) is 12.2. The lowest BCUT2D eigenvalue weighted by molar-refractivity contribution is -0.123. The predicted molar refractivity (Wildman–Crippen MR) is 139 cm³/mol. The summed E-state index contributed by atoms with van der Waals surface area (Å²) in [5.74, 6) is -0.781. The first-order valence-corrected chi connectivity index (χ1v) is 13.1. The summed E-state index contributed by atoms with van der Waals surface area (Å²) in [5, 5.41) is 8.09. The van der Waals surface area contributed by atoms with Crippen molar-refractivity contribution in [3.05, 3.63) is 68.8 Å². The van der Waals surface area contributed by atoms with Crippen molar-refractivity contribution in [3.8, 4) is 11.3 Å². The maximum absolute atomic E-state index is 14.9. The van der Waals surface area contributed by atoms with Crippen LogP contribution in [-0.2, 0) is 10.5 Å². The van der Waals surface area contributed by atoms with Crippen molar-refractivity contribution < 1.29 is 18.4 Å². The van der Waals surface area contributed by atoms with Crippen LogP contribution in [0.15, 0.2) is 50.1 Å². The lowest BCUT2D eigenvalue weighted by atomic mass is 10.0. The highest BCUT2D eigenvalue weighted by Gasteiger charge is 2.25. The minimum absolute atomic E-state index is 0.0221. The lowest BCUT2D eigenvalue weighted by Gasteiger charge is -2.19. The Labute approximate surface area is 214 Å². The number of H-pyrrole nitrogens is 1. The number of hydrogen-bond donors (Lipinski definition) is 3. The number of thiophene rings is 1. The number of carbonyl (C=O) groups is 2. The smallest absolute Gasteiger partial charge is 0.287 e. The van der Waals surface area contributed by atoms with Crippen molar-refractivity contribution in [2.24, 2.45) is 5.92 Å². The number of hydrogen-bond acceptors (Lipinski definition) is 7. The van der Waals surface area contributed by atoms with Crippen molar-refractivity contribution >= 4 is 45.1 Å². The predicted octanol–water partition coefficient (Wildman–Crippen LogP) is 4.48. The molecule has 3 N–H and O–H groups in total. The van der Waals surface area contributed by atoms with E-state index in [9.17, 15) is 18.8 Å². The Morgan fingerprint density at radius 2 is 2.03 bits per heavy atom. The van der Waals surface area contributed by atoms with Gasteiger partial charge in [-0.15, -0.1) is 11.3 Å². The van der Waals surface area contributed by atoms with Gasteiger partial charge in [0.05, 0.1) is 5.39 Å². The Morgan fingerprint density at radius 1 is 1.25 bits per heavy atom. The van der Waals surface area contributed by atoms with E-state index in [1.165, 1.54) is 42.3 Å². The number of halogens is 1. The zero-order valence-electron chi connectivity index (χ0n) is 20.1. The number of nitrogens with one attached hydrogen (secondary N) is 3. The van der Waals surface area contributed by atoms with Gasteiger partial charge in [-0.1, -0.05) is 37.7 Å². The first kappa shape index (κ1) is 25.6. The molecule has 0 aliphatic carbocycles. The SMILES string of the molecule is CNC(=O)[C@@H](NC(=O)c1ccc(-c2ccc(CSc3nc4scc(C)c4c(=O)[nH]3)c(F)c2)o1)C(C)C. The van der Waals surface area contributed by atoms with Crippen LogP contribution in [0.1, 0.15) is 35.5 Å². The molecule has 3 heterocycles. The molecule has 3 aromatic heterocycles. The fourth-order valence-corrected chi connectivity index (χ4v) is 5.45. The molecule has 8 nitrogen and oxygen atoms in total. The molecule has 188 valence electrons. The number of benzene rings is 1. The zero-order valence-corrected chi connectivity index (χ0v) is 21.7. The van der Waals surface area contributed by atoms with E-state index in [4.69, 9.17) is 4.42 Å². The summed E-state index contributed by atoms with van der Waals surface area (Å²) in [6.07, 6.45) is 0. The number of rotatable bonds is 8. The molecule has 1 aromatic carbocycles. The number of likely N-dealkylation sites (N-methyl/N-ethyl adjacent to an activating group) is 1. The summed E-state index contributed by atoms with van der Waals surface area (Å²) in [6, 6.07) is 7.02. The summed E-state index contributed by atoms with van der Waals surface area (Å²) in [4.78, 5) is 44.8. The van der Waals surface area contributed by atoms with E-state index in [1.807, 2.05) is 26.2 Å². The molecule has 4 aromatic rings. The molecular weight excluding hydrogens is 503 g/mol. The number of aromatic amines is 1. The van der Waals surface area contributed by atoms with Crippen LogP contribution < -0.4 is 16.2 Å². The van der Waals surface area contributed by atoms with Gasteiger partial charge >= 0.3 is 0 Å². The topological polar surface area (TPSA) is 117 Å². The van der Waals surface area contributed by atoms with Crippen LogP contribution in [0, 0.1) is 18.7 Å². The Kier molecular flexibility index (Phi) is 7.60. The Bertz CT molecular complexity index is 1490. The highest BCUT2D eigenvalue weighted by molar-refractivity contribution is 7.98. The van der Waals surface area contributed by atoms with Crippen molar-refractivity contribution in [1.29, 1.82) is 0 Å². The number of thioether (sulfide) groups is 1. The van der Waals surface area contributed by atoms with Crippen LogP contribution in [0.3, 0.4) is 0 Å². The van der Waals surface area contributed by atoms with Crippen LogP contribution in [0.4, 0.5) is 4.39 Å². The molecule has 0 spiro atoms. The standard InChI is InChI=1S/C25H25FN4O4S2/c1-12(2)20(23(33)27-4)28-21(31)18-8-7-17(34-18)14-5-6-15(16(26)9-14)11-36-25-29-22(32)19-13(3)10-35-24(19)30-25/h5-10,12,20H,11H2,1-4H3,(H,27,33)(H,28,31)(H,29,30,32)/t20-/m0/s1. The molecule has 1 atom stereocenters. The second-order valence-corrected chi connectivity index (χ2v) is 10.4. The first-order chi connectivity index (χ1) is 17.2. The zero-order chi connectivity index (χ0) is 26.0. The molecule has 0 bridgehead atoms. The maximum Gasteiger partial charge on any atom is 0.287 e. The maximum atomic E-state index is 14.9. The van der Waals surface area contributed by atoms with Gasteiger partial charge < -0.3 is 20.0 Å². The number of furan rings is 1. The van der Waals surface area contributed by atoms with Crippen LogP contribution in [0.25, 0.3) is 21.5 Å². The van der Waals surface area contributed by atoms with Gasteiger partial charge in [-0.3, -0.25) is 14.4 Å². The van der Waals surface area contributed by atoms with Crippen molar-refractivity contribution in [2.75, 3.05) is 7.05 Å². The van der Waals surface area contributed by atoms with E-state index in [2.05, 4.69) is 20.6 Å². The molecule has 4 rings (SSSR count). The summed E-state index contributed by atoms with van der Waals surface area (Å²) < 4.78 is 20.5. The van der Waals surface area contributed by atoms with Gasteiger partial charge in [-0.05, 0) is 47.5 Å². The second kappa shape index (κ2) is 10.7. The van der Waals surface area contributed by atoms with Crippen LogP contribution in [-0.4, -0.2) is 34.9 Å². The van der Waals surface area contributed by atoms with Gasteiger partial charge in [0.25, 0.3) is 11.5 Å². The largest absolute Gasteiger partial charge is 0.451 e. The molecule has 0 unspecified atom stereocenters. The van der Waals surface area contributed by atoms with Crippen LogP contribution >= 0.6 is 23.1 Å². The summed E-state index contributed by atoms with van der Waals surface area (Å²) >= 11 is 2.64. The molecule has 0 fully saturated rings. The monoisotopic (exact) mass is 528 g/mol. The first-order valence-electron chi connectivity index (χ1n) is 11.2. The Balaban J connectivity index is 1.45. The minimum atomic E-state index is -0.709. The van der Waals surface area contributed by atoms with Gasteiger partial charge in [0, 0.05) is 18.4 Å². The number of aromatic nitrogens is 2. The van der Waals surface area contributed by atoms with Gasteiger partial charge in [-0.2, -0.15) is 0 Å². The number of nitrogens with zero attached hydrogens (tertiary/aromatic N) is 1. The van der Waals surface area contributed by atoms with E-state index in [0.29, 0.717) is 32.3 Å². The highest BCUT2D eigenvalue weighted by atomic mass is 32.2. The average molecular weight is 529 g/mol. The molecule has 0 aliphatic rings. The van der Waals surface area contributed by atoms with Crippen LogP contribution in [0.2, 0.25) is 0 Å². The van der Waals surface area contributed by atoms with E-state index < -0.39 is 17.8 Å². The molecule has 0 saturated heterocycles. The highest BCUT2D eigenvalue weighted by Crippen LogP contribution is 2.28. The third-order valence-electron chi connectivity index (χ3n) is 5.62. The second-order valence-electron chi connectivity index (χ2n) is 8.54. The fourth-order valence-electron chi connectivity index (χ4n) is 3.62. The fraction of sp³-hybridized carbons (Fsp3) is 0.280. The van der Waals surface area contributed by atoms with Gasteiger partial charge in [-0.25, -0.2) is 9.37 Å². The van der Waals surface area contributed by atoms with Crippen molar-refractivity contribution in [1.82, 2.24) is 20.6 Å². The van der Waals surface area contributed by atoms with E-state index in [0.717, 1.165) is 5.56 Å². The summed E-state index contributed by atoms with van der Waals surface area (Å²) in [7, 11) is 1.50. The number of carbonyl (C=O) groups excluding carboxylic acids is 2. The molecule has 0 saturated carbocycles. The van der Waals surface area contributed by atoms with E-state index in [-0.39, 0.29) is 28.9 Å². The Hall–Kier alpha value is -3.44. The van der Waals surface area contributed by atoms with E-state index >= 15 is 0 Å². The third kappa shape index (κ3) is 5.36. The molecular formula is C25H25FN4O4S2. The molecule has 0 radical (unpaired) electrons. The van der Waals surface area contributed by atoms with Crippen molar-refractivity contribution in [2.45, 2.75) is 37.7 Å². The molecule has 0 aliphatic heterocycles. The quantitative estimate of drug-likeness (QED) is 0.229. The third-order valence-corrected chi connectivity index (χ3v) is 7.53. The molecule has 36 heavy (non-hydrogen) atoms.